The second-order valence-electron chi connectivity index (χ2n) is 8.08. The van der Waals surface area contributed by atoms with E-state index in [2.05, 4.69) is 9.47 Å². The average molecular weight is 355 g/mol. The minimum Gasteiger partial charge on any atom is -0.364 e. The zero-order valence-electron chi connectivity index (χ0n) is 14.8. The smallest absolute Gasteiger partial charge is 0.196 e. The molecule has 2 aliphatic carbocycles. The molecule has 0 amide bonds. The second kappa shape index (κ2) is 5.81. The van der Waals surface area contributed by atoms with Gasteiger partial charge in [-0.2, -0.15) is 0 Å². The van der Waals surface area contributed by atoms with Crippen LogP contribution in [0.25, 0.3) is 11.3 Å². The van der Waals surface area contributed by atoms with Crippen LogP contribution in [-0.2, 0) is 6.54 Å². The Balaban J connectivity index is 1.78. The fraction of sp³-hybridized carbons (Fsp3) is 0.550. The summed E-state index contributed by atoms with van der Waals surface area (Å²) >= 11 is 0. The van der Waals surface area contributed by atoms with Crippen molar-refractivity contribution >= 4 is 5.82 Å². The summed E-state index contributed by atoms with van der Waals surface area (Å²) in [7, 11) is 0. The van der Waals surface area contributed by atoms with E-state index >= 15 is 0 Å². The van der Waals surface area contributed by atoms with Gasteiger partial charge < -0.3 is 25.4 Å². The molecule has 5 rings (SSSR count). The summed E-state index contributed by atoms with van der Waals surface area (Å²) in [5.74, 6) is 1.56. The Labute approximate surface area is 152 Å². The molecule has 1 unspecified atom stereocenters. The van der Waals surface area contributed by atoms with E-state index in [1.807, 2.05) is 12.1 Å². The van der Waals surface area contributed by atoms with Crippen molar-refractivity contribution in [3.63, 3.8) is 0 Å². The molecule has 2 atom stereocenters. The monoisotopic (exact) mass is 355 g/mol. The van der Waals surface area contributed by atoms with Crippen LogP contribution in [0.2, 0.25) is 0 Å². The SMILES string of the molecule is N[C@H]1CC2CCCn3c(ccc4c(=O)c(C(O)O)cc(C5CC5)c3-4)N2C1. The van der Waals surface area contributed by atoms with Gasteiger partial charge in [-0.3, -0.25) is 4.79 Å². The van der Waals surface area contributed by atoms with Crippen LogP contribution in [0.3, 0.4) is 0 Å². The molecule has 6 heteroatoms. The van der Waals surface area contributed by atoms with Crippen molar-refractivity contribution in [3.8, 4) is 11.3 Å². The molecule has 1 saturated carbocycles. The number of aromatic nitrogens is 1. The Morgan fingerprint density at radius 2 is 2.00 bits per heavy atom. The Morgan fingerprint density at radius 1 is 1.19 bits per heavy atom. The number of fused-ring (bicyclic) bond motifs is 5. The number of anilines is 1. The predicted molar refractivity (Wildman–Crippen MR) is 99.4 cm³/mol. The molecular formula is C20H25N3O3. The van der Waals surface area contributed by atoms with Crippen molar-refractivity contribution in [2.45, 2.75) is 62.9 Å². The minimum atomic E-state index is -1.73. The maximum absolute atomic E-state index is 12.8. The van der Waals surface area contributed by atoms with Crippen LogP contribution in [0.5, 0.6) is 0 Å². The molecule has 0 aromatic carbocycles. The lowest BCUT2D eigenvalue weighted by Gasteiger charge is -2.29. The average Bonchev–Trinajstić information content (AvgIpc) is 3.40. The third-order valence-corrected chi connectivity index (χ3v) is 6.25. The van der Waals surface area contributed by atoms with Gasteiger partial charge in [0.1, 0.15) is 5.82 Å². The first kappa shape index (κ1) is 16.3. The first-order valence-corrected chi connectivity index (χ1v) is 9.63. The fourth-order valence-corrected chi connectivity index (χ4v) is 4.90. The van der Waals surface area contributed by atoms with Gasteiger partial charge in [-0.05, 0) is 61.8 Å². The van der Waals surface area contributed by atoms with Gasteiger partial charge in [0, 0.05) is 30.7 Å². The molecule has 4 N–H and O–H groups in total. The molecule has 6 nitrogen and oxygen atoms in total. The molecule has 0 spiro atoms. The quantitative estimate of drug-likeness (QED) is 0.711. The normalized spacial score (nSPS) is 25.5. The molecule has 3 aliphatic heterocycles. The third-order valence-electron chi connectivity index (χ3n) is 6.25. The predicted octanol–water partition coefficient (Wildman–Crippen LogP) is 1.51. The van der Waals surface area contributed by atoms with Gasteiger partial charge in [-0.25, -0.2) is 0 Å². The maximum atomic E-state index is 12.8. The van der Waals surface area contributed by atoms with Gasteiger partial charge >= 0.3 is 0 Å². The number of nitrogens with two attached hydrogens (primary N) is 1. The number of benzene rings is 1. The van der Waals surface area contributed by atoms with Crippen molar-refractivity contribution < 1.29 is 10.2 Å². The summed E-state index contributed by atoms with van der Waals surface area (Å²) in [5.41, 5.74) is 8.72. The highest BCUT2D eigenvalue weighted by Crippen LogP contribution is 2.46. The van der Waals surface area contributed by atoms with Crippen LogP contribution in [0.4, 0.5) is 5.82 Å². The van der Waals surface area contributed by atoms with Crippen LogP contribution >= 0.6 is 0 Å². The van der Waals surface area contributed by atoms with Gasteiger partial charge in [0.05, 0.1) is 11.3 Å². The largest absolute Gasteiger partial charge is 0.364 e. The Kier molecular flexibility index (Phi) is 3.64. The van der Waals surface area contributed by atoms with E-state index in [1.54, 1.807) is 6.07 Å². The highest BCUT2D eigenvalue weighted by molar-refractivity contribution is 5.72. The van der Waals surface area contributed by atoms with Crippen molar-refractivity contribution in [3.05, 3.63) is 39.5 Å². The van der Waals surface area contributed by atoms with Crippen LogP contribution in [0, 0.1) is 0 Å². The zero-order chi connectivity index (χ0) is 18.0. The number of hydrogen-bond donors (Lipinski definition) is 3. The van der Waals surface area contributed by atoms with Gasteiger partial charge in [0.25, 0.3) is 0 Å². The van der Waals surface area contributed by atoms with Crippen LogP contribution < -0.4 is 16.1 Å². The number of hydrogen-bond acceptors (Lipinski definition) is 5. The van der Waals surface area contributed by atoms with Crippen molar-refractivity contribution in [2.75, 3.05) is 11.4 Å². The molecule has 5 aliphatic rings. The first-order valence-electron chi connectivity index (χ1n) is 9.63. The van der Waals surface area contributed by atoms with E-state index in [0.717, 1.165) is 62.3 Å². The topological polar surface area (TPSA) is 91.7 Å². The molecule has 0 radical (unpaired) electrons. The molecule has 1 saturated heterocycles. The van der Waals surface area contributed by atoms with Gasteiger partial charge in [-0.1, -0.05) is 0 Å². The molecule has 0 bridgehead atoms. The molecule has 3 heterocycles. The highest BCUT2D eigenvalue weighted by Gasteiger charge is 2.36. The van der Waals surface area contributed by atoms with E-state index in [-0.39, 0.29) is 17.0 Å². The van der Waals surface area contributed by atoms with Gasteiger partial charge in [0.15, 0.2) is 11.7 Å². The lowest BCUT2D eigenvalue weighted by molar-refractivity contribution is -0.0432. The standard InChI is InChI=1S/C20H25N3O3/c21-12-8-13-2-1-7-22-17(23(13)10-12)6-5-14-18(22)15(11-3-4-11)9-16(19(14)24)20(25)26/h5-6,9,11-13,20,25-26H,1-4,7-8,10,21H2/t12-,13?/m0/s1. The summed E-state index contributed by atoms with van der Waals surface area (Å²) < 4.78 is 2.29. The maximum Gasteiger partial charge on any atom is 0.196 e. The number of nitrogens with zero attached hydrogens (tertiary/aromatic N) is 2. The second-order valence-corrected chi connectivity index (χ2v) is 8.08. The number of aliphatic hydroxyl groups excluding tert-OH is 1. The van der Waals surface area contributed by atoms with Gasteiger partial charge in [-0.15, -0.1) is 0 Å². The van der Waals surface area contributed by atoms with E-state index < -0.39 is 6.29 Å². The molecule has 0 aromatic heterocycles. The molecule has 26 heavy (non-hydrogen) atoms. The first-order chi connectivity index (χ1) is 12.5. The van der Waals surface area contributed by atoms with E-state index in [1.165, 1.54) is 0 Å². The number of rotatable bonds is 2. The molecule has 2 fully saturated rings. The summed E-state index contributed by atoms with van der Waals surface area (Å²) in [6.45, 7) is 1.74. The van der Waals surface area contributed by atoms with Crippen LogP contribution in [0.15, 0.2) is 23.0 Å². The third kappa shape index (κ3) is 2.40. The van der Waals surface area contributed by atoms with E-state index in [4.69, 9.17) is 5.73 Å². The van der Waals surface area contributed by atoms with Crippen LogP contribution in [-0.4, -0.2) is 33.4 Å². The Hall–Kier alpha value is -1.89. The van der Waals surface area contributed by atoms with Crippen LogP contribution in [0.1, 0.15) is 55.4 Å². The number of aliphatic hydroxyl groups is 2. The number of pyridine rings is 1. The van der Waals surface area contributed by atoms with Gasteiger partial charge in [0.2, 0.25) is 0 Å². The van der Waals surface area contributed by atoms with Crippen molar-refractivity contribution in [2.24, 2.45) is 5.73 Å². The lowest BCUT2D eigenvalue weighted by atomic mass is 9.94. The Morgan fingerprint density at radius 3 is 2.73 bits per heavy atom. The van der Waals surface area contributed by atoms with E-state index in [9.17, 15) is 15.0 Å². The summed E-state index contributed by atoms with van der Waals surface area (Å²) in [6, 6.07) is 6.30. The summed E-state index contributed by atoms with van der Waals surface area (Å²) in [4.78, 5) is 15.3. The summed E-state index contributed by atoms with van der Waals surface area (Å²) in [6.07, 6.45) is 3.66. The van der Waals surface area contributed by atoms with E-state index in [0.29, 0.717) is 17.5 Å². The fourth-order valence-electron chi connectivity index (χ4n) is 4.90. The molecule has 0 aromatic rings. The summed E-state index contributed by atoms with van der Waals surface area (Å²) in [5, 5.41) is 19.3. The molecule has 138 valence electrons. The highest BCUT2D eigenvalue weighted by atomic mass is 16.5. The minimum absolute atomic E-state index is 0.0923. The Bertz CT molecular complexity index is 887. The zero-order valence-corrected chi connectivity index (χ0v) is 14.8. The lowest BCUT2D eigenvalue weighted by Crippen LogP contribution is -2.32. The van der Waals surface area contributed by atoms with Crippen molar-refractivity contribution in [1.29, 1.82) is 0 Å². The van der Waals surface area contributed by atoms with Crippen molar-refractivity contribution in [1.82, 2.24) is 4.57 Å². The molecular weight excluding hydrogens is 330 g/mol.